The molecule has 0 aliphatic rings. The van der Waals surface area contributed by atoms with Gasteiger partial charge in [0.05, 0.1) is 6.54 Å². The number of aromatic nitrogens is 1. The highest BCUT2D eigenvalue weighted by atomic mass is 35.5. The quantitative estimate of drug-likeness (QED) is 0.340. The predicted octanol–water partition coefficient (Wildman–Crippen LogP) is 6.59. The molecule has 0 aliphatic carbocycles. The zero-order chi connectivity index (χ0) is 20.9. The Morgan fingerprint density at radius 2 is 1.73 bits per heavy atom. The molecule has 0 bridgehead atoms. The molecule has 1 aromatic heterocycles. The summed E-state index contributed by atoms with van der Waals surface area (Å²) in [4.78, 5) is 0. The Labute approximate surface area is 182 Å². The fourth-order valence-corrected chi connectivity index (χ4v) is 4.09. The van der Waals surface area contributed by atoms with E-state index in [1.807, 2.05) is 12.1 Å². The minimum absolute atomic E-state index is 0.269. The van der Waals surface area contributed by atoms with Crippen LogP contribution in [0.2, 0.25) is 5.02 Å². The van der Waals surface area contributed by atoms with Crippen LogP contribution in [0.5, 0.6) is 0 Å². The van der Waals surface area contributed by atoms with Gasteiger partial charge in [0.1, 0.15) is 5.82 Å². The number of nitrogens with one attached hydrogen (secondary N) is 1. The first-order chi connectivity index (χ1) is 14.6. The zero-order valence-electron chi connectivity index (χ0n) is 17.1. The summed E-state index contributed by atoms with van der Waals surface area (Å²) < 4.78 is 16.4. The summed E-state index contributed by atoms with van der Waals surface area (Å²) in [5.74, 6) is -0.269. The molecule has 0 radical (unpaired) electrons. The van der Waals surface area contributed by atoms with Gasteiger partial charge < -0.3 is 9.88 Å². The van der Waals surface area contributed by atoms with Gasteiger partial charge in [-0.05, 0) is 49.1 Å². The molecule has 1 atom stereocenters. The number of nitrogens with zero attached hydrogens (tertiary/aromatic N) is 1. The van der Waals surface area contributed by atoms with Gasteiger partial charge in [-0.15, -0.1) is 0 Å². The minimum Gasteiger partial charge on any atom is -0.343 e. The second kappa shape index (κ2) is 9.46. The van der Waals surface area contributed by atoms with E-state index in [4.69, 9.17) is 11.6 Å². The second-order valence-corrected chi connectivity index (χ2v) is 8.21. The third-order valence-corrected chi connectivity index (χ3v) is 5.97. The third kappa shape index (κ3) is 4.75. The van der Waals surface area contributed by atoms with E-state index < -0.39 is 0 Å². The highest BCUT2D eigenvalue weighted by Gasteiger charge is 2.13. The van der Waals surface area contributed by atoms with Gasteiger partial charge in [0, 0.05) is 40.3 Å². The maximum absolute atomic E-state index is 14.3. The summed E-state index contributed by atoms with van der Waals surface area (Å²) in [7, 11) is 0. The van der Waals surface area contributed by atoms with Gasteiger partial charge in [0.25, 0.3) is 0 Å². The van der Waals surface area contributed by atoms with E-state index in [-0.39, 0.29) is 5.82 Å². The van der Waals surface area contributed by atoms with E-state index in [1.54, 1.807) is 12.1 Å². The molecule has 0 amide bonds. The first-order valence-corrected chi connectivity index (χ1v) is 10.8. The van der Waals surface area contributed by atoms with Gasteiger partial charge in [-0.3, -0.25) is 0 Å². The number of aryl methyl sites for hydroxylation is 1. The number of fused-ring (bicyclic) bond motifs is 1. The third-order valence-electron chi connectivity index (χ3n) is 5.61. The zero-order valence-corrected chi connectivity index (χ0v) is 17.9. The molecule has 30 heavy (non-hydrogen) atoms. The molecule has 0 fully saturated rings. The van der Waals surface area contributed by atoms with Crippen molar-refractivity contribution < 1.29 is 4.39 Å². The van der Waals surface area contributed by atoms with Crippen LogP contribution >= 0.6 is 11.6 Å². The number of para-hydroxylation sites is 1. The lowest BCUT2D eigenvalue weighted by atomic mass is 10.1. The maximum atomic E-state index is 14.3. The van der Waals surface area contributed by atoms with Gasteiger partial charge in [0.15, 0.2) is 0 Å². The van der Waals surface area contributed by atoms with Crippen LogP contribution in [0.4, 0.5) is 4.39 Å². The van der Waals surface area contributed by atoms with Crippen LogP contribution in [0, 0.1) is 5.82 Å². The van der Waals surface area contributed by atoms with Gasteiger partial charge in [-0.25, -0.2) is 4.39 Å². The Bertz CT molecular complexity index is 1100. The summed E-state index contributed by atoms with van der Waals surface area (Å²) in [5, 5.41) is 5.30. The Morgan fingerprint density at radius 3 is 2.53 bits per heavy atom. The van der Waals surface area contributed by atoms with Crippen LogP contribution in [-0.2, 0) is 19.5 Å². The molecule has 154 valence electrons. The second-order valence-electron chi connectivity index (χ2n) is 7.81. The molecular formula is C26H26ClFN2. The molecule has 3 aromatic carbocycles. The molecular weight excluding hydrogens is 395 g/mol. The smallest absolute Gasteiger partial charge is 0.129 e. The van der Waals surface area contributed by atoms with Crippen LogP contribution in [0.25, 0.3) is 10.9 Å². The molecule has 1 heterocycles. The first kappa shape index (κ1) is 20.6. The first-order valence-electron chi connectivity index (χ1n) is 10.4. The summed E-state index contributed by atoms with van der Waals surface area (Å²) in [5.41, 5.74) is 4.19. The summed E-state index contributed by atoms with van der Waals surface area (Å²) in [6.07, 6.45) is 4.25. The molecule has 2 nitrogen and oxygen atoms in total. The van der Waals surface area contributed by atoms with Gasteiger partial charge in [-0.1, -0.05) is 66.2 Å². The van der Waals surface area contributed by atoms with Crippen LogP contribution in [0.1, 0.15) is 30.0 Å². The lowest BCUT2D eigenvalue weighted by molar-refractivity contribution is 0.514. The van der Waals surface area contributed by atoms with Crippen molar-refractivity contribution in [3.8, 4) is 0 Å². The summed E-state index contributed by atoms with van der Waals surface area (Å²) in [6, 6.07) is 24.1. The predicted molar refractivity (Wildman–Crippen MR) is 124 cm³/mol. The Hall–Kier alpha value is -2.62. The van der Waals surface area contributed by atoms with Crippen molar-refractivity contribution in [3.05, 3.63) is 107 Å². The van der Waals surface area contributed by atoms with E-state index in [0.717, 1.165) is 24.9 Å². The fraction of sp³-hybridized carbons (Fsp3) is 0.231. The van der Waals surface area contributed by atoms with Crippen molar-refractivity contribution in [2.24, 2.45) is 0 Å². The highest BCUT2D eigenvalue weighted by molar-refractivity contribution is 6.31. The number of halogens is 2. The average Bonchev–Trinajstić information content (AvgIpc) is 3.12. The maximum Gasteiger partial charge on any atom is 0.129 e. The van der Waals surface area contributed by atoms with Crippen LogP contribution < -0.4 is 5.32 Å². The standard InChI is InChI=1S/C26H26ClFN2/c1-19(14-15-20-8-3-2-4-9-20)29-16-21-17-30(26-13-6-5-10-22(21)26)18-23-24(27)11-7-12-25(23)28/h2-13,17,19,29H,14-16,18H2,1H3/t19-/m0/s1. The van der Waals surface area contributed by atoms with Crippen molar-refractivity contribution in [1.29, 1.82) is 0 Å². The van der Waals surface area contributed by atoms with Crippen LogP contribution in [0.3, 0.4) is 0 Å². The molecule has 1 N–H and O–H groups in total. The Morgan fingerprint density at radius 1 is 0.967 bits per heavy atom. The monoisotopic (exact) mass is 420 g/mol. The molecule has 0 saturated carbocycles. The van der Waals surface area contributed by atoms with Crippen LogP contribution in [-0.4, -0.2) is 10.6 Å². The van der Waals surface area contributed by atoms with Crippen molar-refractivity contribution in [2.45, 2.75) is 38.9 Å². The SMILES string of the molecule is C[C@@H](CCc1ccccc1)NCc1cn(Cc2c(F)cccc2Cl)c2ccccc12. The van der Waals surface area contributed by atoms with Crippen LogP contribution in [0.15, 0.2) is 79.0 Å². The fourth-order valence-electron chi connectivity index (χ4n) is 3.86. The number of benzene rings is 3. The number of hydrogen-bond acceptors (Lipinski definition) is 1. The van der Waals surface area contributed by atoms with E-state index >= 15 is 0 Å². The van der Waals surface area contributed by atoms with Gasteiger partial charge >= 0.3 is 0 Å². The highest BCUT2D eigenvalue weighted by Crippen LogP contribution is 2.26. The van der Waals surface area contributed by atoms with Gasteiger partial charge in [-0.2, -0.15) is 0 Å². The summed E-state index contributed by atoms with van der Waals surface area (Å²) >= 11 is 6.26. The van der Waals surface area contributed by atoms with E-state index in [1.165, 1.54) is 22.6 Å². The number of rotatable bonds is 8. The van der Waals surface area contributed by atoms with Crippen molar-refractivity contribution >= 4 is 22.5 Å². The van der Waals surface area contributed by atoms with E-state index in [2.05, 4.69) is 65.5 Å². The number of hydrogen-bond donors (Lipinski definition) is 1. The molecule has 0 saturated heterocycles. The average molecular weight is 421 g/mol. The lowest BCUT2D eigenvalue weighted by Crippen LogP contribution is -2.25. The van der Waals surface area contributed by atoms with Crippen molar-refractivity contribution in [3.63, 3.8) is 0 Å². The molecule has 4 rings (SSSR count). The van der Waals surface area contributed by atoms with Crippen molar-refractivity contribution in [2.75, 3.05) is 0 Å². The lowest BCUT2D eigenvalue weighted by Gasteiger charge is -2.13. The molecule has 0 aliphatic heterocycles. The largest absolute Gasteiger partial charge is 0.343 e. The Kier molecular flexibility index (Phi) is 6.51. The van der Waals surface area contributed by atoms with E-state index in [0.29, 0.717) is 23.2 Å². The van der Waals surface area contributed by atoms with Gasteiger partial charge in [0.2, 0.25) is 0 Å². The topological polar surface area (TPSA) is 17.0 Å². The molecule has 0 spiro atoms. The molecule has 0 unspecified atom stereocenters. The Balaban J connectivity index is 1.48. The minimum atomic E-state index is -0.269. The van der Waals surface area contributed by atoms with E-state index in [9.17, 15) is 4.39 Å². The summed E-state index contributed by atoms with van der Waals surface area (Å²) in [6.45, 7) is 3.41. The molecule has 4 aromatic rings. The van der Waals surface area contributed by atoms with Crippen molar-refractivity contribution in [1.82, 2.24) is 9.88 Å². The normalized spacial score (nSPS) is 12.4. The molecule has 4 heteroatoms.